The molecule has 134 valence electrons. The third-order valence-corrected chi connectivity index (χ3v) is 6.20. The van der Waals surface area contributed by atoms with Crippen LogP contribution in [-0.4, -0.2) is 17.5 Å². The fourth-order valence-corrected chi connectivity index (χ4v) is 5.11. The Bertz CT molecular complexity index is 805. The largest absolute Gasteiger partial charge is 0.381 e. The van der Waals surface area contributed by atoms with E-state index in [2.05, 4.69) is 36.2 Å². The molecule has 2 aromatic carbocycles. The molecule has 1 N–H and O–H groups in total. The molecule has 0 radical (unpaired) electrons. The average Bonchev–Trinajstić information content (AvgIpc) is 3.08. The van der Waals surface area contributed by atoms with Crippen LogP contribution in [0.4, 0.5) is 5.69 Å². The zero-order valence-electron chi connectivity index (χ0n) is 14.8. The fraction of sp³-hybridized carbons (Fsp3) is 0.364. The predicted octanol–water partition coefficient (Wildman–Crippen LogP) is 4.84. The second kappa shape index (κ2) is 6.94. The SMILES string of the molecule is C=C[C@@H]1c2ccccc2N[C@H]2[C@H]1CC[C@@H]2[C@H](C[N+](=O)[O-])c1ccccc1. The summed E-state index contributed by atoms with van der Waals surface area (Å²) >= 11 is 0. The summed E-state index contributed by atoms with van der Waals surface area (Å²) in [4.78, 5) is 11.2. The van der Waals surface area contributed by atoms with Crippen molar-refractivity contribution in [3.63, 3.8) is 0 Å². The van der Waals surface area contributed by atoms with Gasteiger partial charge in [0.2, 0.25) is 6.54 Å². The highest BCUT2D eigenvalue weighted by Gasteiger charge is 2.47. The van der Waals surface area contributed by atoms with E-state index in [4.69, 9.17) is 0 Å². The van der Waals surface area contributed by atoms with E-state index < -0.39 is 0 Å². The number of nitrogens with zero attached hydrogens (tertiary/aromatic N) is 1. The summed E-state index contributed by atoms with van der Waals surface area (Å²) in [6.45, 7) is 4.07. The van der Waals surface area contributed by atoms with Gasteiger partial charge in [0.15, 0.2) is 0 Å². The number of hydrogen-bond donors (Lipinski definition) is 1. The normalized spacial score (nSPS) is 27.7. The van der Waals surface area contributed by atoms with Gasteiger partial charge in [-0.3, -0.25) is 10.1 Å². The van der Waals surface area contributed by atoms with Crippen LogP contribution in [0.25, 0.3) is 0 Å². The van der Waals surface area contributed by atoms with Crippen LogP contribution in [0.5, 0.6) is 0 Å². The standard InChI is InChI=1S/C22H24N2O2/c1-2-16-17-10-6-7-11-21(17)23-22-18(16)12-13-19(22)20(14-24(25)26)15-8-4-3-5-9-15/h2-11,16,18-20,22-23H,1,12-14H2/t16-,18+,19-,20-,22+/m1/s1. The Balaban J connectivity index is 1.70. The average molecular weight is 348 g/mol. The van der Waals surface area contributed by atoms with Crippen LogP contribution in [0.1, 0.15) is 35.8 Å². The smallest absolute Gasteiger partial charge is 0.211 e. The van der Waals surface area contributed by atoms with E-state index in [1.165, 1.54) is 5.56 Å². The number of anilines is 1. The molecule has 1 heterocycles. The molecular formula is C22H24N2O2. The van der Waals surface area contributed by atoms with Crippen molar-refractivity contribution in [3.8, 4) is 0 Å². The number of hydrogen-bond acceptors (Lipinski definition) is 3. The first-order chi connectivity index (χ1) is 12.7. The van der Waals surface area contributed by atoms with Crippen molar-refractivity contribution in [2.24, 2.45) is 11.8 Å². The van der Waals surface area contributed by atoms with Crippen molar-refractivity contribution < 1.29 is 4.92 Å². The van der Waals surface area contributed by atoms with Gasteiger partial charge in [-0.2, -0.15) is 0 Å². The zero-order valence-corrected chi connectivity index (χ0v) is 14.8. The Hall–Kier alpha value is -2.62. The van der Waals surface area contributed by atoms with Crippen molar-refractivity contribution in [3.05, 3.63) is 88.5 Å². The number of nitrogens with one attached hydrogen (secondary N) is 1. The second-order valence-electron chi connectivity index (χ2n) is 7.46. The lowest BCUT2D eigenvalue weighted by Gasteiger charge is -2.39. The lowest BCUT2D eigenvalue weighted by molar-refractivity contribution is -0.485. The molecule has 2 aliphatic rings. The fourth-order valence-electron chi connectivity index (χ4n) is 5.11. The van der Waals surface area contributed by atoms with Crippen LogP contribution in [-0.2, 0) is 0 Å². The Morgan fingerprint density at radius 2 is 1.88 bits per heavy atom. The molecule has 1 fully saturated rings. The molecule has 0 unspecified atom stereocenters. The summed E-state index contributed by atoms with van der Waals surface area (Å²) in [6, 6.07) is 18.6. The lowest BCUT2D eigenvalue weighted by atomic mass is 9.74. The van der Waals surface area contributed by atoms with Crippen molar-refractivity contribution in [2.45, 2.75) is 30.7 Å². The maximum absolute atomic E-state index is 11.4. The summed E-state index contributed by atoms with van der Waals surface area (Å²) in [5.41, 5.74) is 3.53. The molecular weight excluding hydrogens is 324 g/mol. The van der Waals surface area contributed by atoms with Gasteiger partial charge in [0.05, 0.1) is 5.92 Å². The number of para-hydroxylation sites is 1. The summed E-state index contributed by atoms with van der Waals surface area (Å²) in [7, 11) is 0. The number of nitro groups is 1. The van der Waals surface area contributed by atoms with Gasteiger partial charge in [0.1, 0.15) is 0 Å². The summed E-state index contributed by atoms with van der Waals surface area (Å²) in [6.07, 6.45) is 4.15. The van der Waals surface area contributed by atoms with Crippen molar-refractivity contribution in [1.82, 2.24) is 0 Å². The summed E-state index contributed by atoms with van der Waals surface area (Å²) in [5, 5.41) is 15.1. The molecule has 26 heavy (non-hydrogen) atoms. The minimum Gasteiger partial charge on any atom is -0.381 e. The number of allylic oxidation sites excluding steroid dienone is 1. The van der Waals surface area contributed by atoms with Gasteiger partial charge in [0.25, 0.3) is 0 Å². The quantitative estimate of drug-likeness (QED) is 0.478. The second-order valence-corrected chi connectivity index (χ2v) is 7.46. The van der Waals surface area contributed by atoms with Gasteiger partial charge < -0.3 is 5.32 Å². The maximum Gasteiger partial charge on any atom is 0.211 e. The first-order valence-electron chi connectivity index (χ1n) is 9.34. The number of fused-ring (bicyclic) bond motifs is 2. The highest BCUT2D eigenvalue weighted by atomic mass is 16.6. The van der Waals surface area contributed by atoms with Gasteiger partial charge in [-0.05, 0) is 41.9 Å². The van der Waals surface area contributed by atoms with Crippen LogP contribution in [0.3, 0.4) is 0 Å². The predicted molar refractivity (Wildman–Crippen MR) is 104 cm³/mol. The van der Waals surface area contributed by atoms with E-state index in [0.717, 1.165) is 24.1 Å². The molecule has 2 aromatic rings. The van der Waals surface area contributed by atoms with Gasteiger partial charge in [0, 0.05) is 22.6 Å². The molecule has 4 rings (SSSR count). The Morgan fingerprint density at radius 3 is 2.62 bits per heavy atom. The summed E-state index contributed by atoms with van der Waals surface area (Å²) in [5.74, 6) is 0.952. The van der Waals surface area contributed by atoms with Crippen molar-refractivity contribution in [2.75, 3.05) is 11.9 Å². The molecule has 0 aromatic heterocycles. The van der Waals surface area contributed by atoms with Crippen LogP contribution in [0, 0.1) is 22.0 Å². The molecule has 0 amide bonds. The van der Waals surface area contributed by atoms with Crippen LogP contribution < -0.4 is 5.32 Å². The molecule has 1 aliphatic carbocycles. The third-order valence-electron chi connectivity index (χ3n) is 6.20. The summed E-state index contributed by atoms with van der Waals surface area (Å²) < 4.78 is 0. The van der Waals surface area contributed by atoms with E-state index in [0.29, 0.717) is 11.8 Å². The Labute approximate surface area is 154 Å². The van der Waals surface area contributed by atoms with Crippen molar-refractivity contribution >= 4 is 5.69 Å². The lowest BCUT2D eigenvalue weighted by Crippen LogP contribution is -2.40. The Morgan fingerprint density at radius 1 is 1.15 bits per heavy atom. The minimum absolute atomic E-state index is 0.0139. The Kier molecular flexibility index (Phi) is 4.49. The van der Waals surface area contributed by atoms with Gasteiger partial charge in [-0.1, -0.05) is 54.6 Å². The molecule has 4 nitrogen and oxygen atoms in total. The molecule has 0 saturated heterocycles. The topological polar surface area (TPSA) is 55.2 Å². The molecule has 4 heteroatoms. The van der Waals surface area contributed by atoms with Gasteiger partial charge in [-0.15, -0.1) is 6.58 Å². The molecule has 0 bridgehead atoms. The number of benzene rings is 2. The number of rotatable bonds is 5. The molecule has 0 spiro atoms. The first kappa shape index (κ1) is 16.8. The van der Waals surface area contributed by atoms with Gasteiger partial charge >= 0.3 is 0 Å². The van der Waals surface area contributed by atoms with Gasteiger partial charge in [-0.25, -0.2) is 0 Å². The van der Waals surface area contributed by atoms with Crippen LogP contribution in [0.2, 0.25) is 0 Å². The highest BCUT2D eigenvalue weighted by Crippen LogP contribution is 2.51. The van der Waals surface area contributed by atoms with Crippen LogP contribution >= 0.6 is 0 Å². The zero-order chi connectivity index (χ0) is 18.1. The maximum atomic E-state index is 11.4. The first-order valence-corrected chi connectivity index (χ1v) is 9.34. The highest BCUT2D eigenvalue weighted by molar-refractivity contribution is 5.58. The molecule has 5 atom stereocenters. The van der Waals surface area contributed by atoms with E-state index in [-0.39, 0.29) is 29.3 Å². The molecule has 1 aliphatic heterocycles. The monoisotopic (exact) mass is 348 g/mol. The van der Waals surface area contributed by atoms with Crippen molar-refractivity contribution in [1.29, 1.82) is 0 Å². The van der Waals surface area contributed by atoms with E-state index in [9.17, 15) is 10.1 Å². The van der Waals surface area contributed by atoms with E-state index in [1.807, 2.05) is 36.4 Å². The third kappa shape index (κ3) is 2.90. The molecule has 1 saturated carbocycles. The van der Waals surface area contributed by atoms with Crippen LogP contribution in [0.15, 0.2) is 67.3 Å². The van der Waals surface area contributed by atoms with E-state index in [1.54, 1.807) is 0 Å². The minimum atomic E-state index is -0.160. The van der Waals surface area contributed by atoms with E-state index >= 15 is 0 Å².